The van der Waals surface area contributed by atoms with Crippen molar-refractivity contribution in [3.8, 4) is 0 Å². The fourth-order valence-corrected chi connectivity index (χ4v) is 1.89. The molecule has 0 radical (unpaired) electrons. The summed E-state index contributed by atoms with van der Waals surface area (Å²) < 4.78 is 0. The van der Waals surface area contributed by atoms with Crippen LogP contribution in [0.4, 0.5) is 0 Å². The van der Waals surface area contributed by atoms with Crippen LogP contribution in [0.1, 0.15) is 65.5 Å². The number of aryl methyl sites for hydroxylation is 1. The maximum absolute atomic E-state index is 2.30. The van der Waals surface area contributed by atoms with E-state index < -0.39 is 0 Å². The van der Waals surface area contributed by atoms with Gasteiger partial charge in [-0.3, -0.25) is 0 Å². The fourth-order valence-electron chi connectivity index (χ4n) is 1.89. The van der Waals surface area contributed by atoms with Gasteiger partial charge in [-0.2, -0.15) is 0 Å². The lowest BCUT2D eigenvalue weighted by atomic mass is 9.98. The third-order valence-electron chi connectivity index (χ3n) is 3.00. The fraction of sp³-hybridized carbons (Fsp3) is 0.474. The third kappa shape index (κ3) is 5.06. The van der Waals surface area contributed by atoms with Crippen molar-refractivity contribution in [3.63, 3.8) is 0 Å². The van der Waals surface area contributed by atoms with Gasteiger partial charge in [0.05, 0.1) is 0 Å². The van der Waals surface area contributed by atoms with Crippen molar-refractivity contribution >= 4 is 10.8 Å². The lowest BCUT2D eigenvalue weighted by molar-refractivity contribution is 0.869. The molecule has 0 aliphatic carbocycles. The lowest BCUT2D eigenvalue weighted by Gasteiger charge is -2.07. The molecule has 0 nitrogen and oxygen atoms in total. The zero-order valence-electron chi connectivity index (χ0n) is 13.7. The molecule has 19 heavy (non-hydrogen) atoms. The van der Waals surface area contributed by atoms with E-state index in [0.717, 1.165) is 6.42 Å². The molecule has 0 aliphatic heterocycles. The van der Waals surface area contributed by atoms with Crippen LogP contribution in [-0.2, 0) is 6.42 Å². The SMILES string of the molecule is CC.CC.CCc1ccc2cc(C(C)C)ccc2c1. The van der Waals surface area contributed by atoms with Crippen molar-refractivity contribution in [2.45, 2.75) is 60.8 Å². The Bertz CT molecular complexity index is 466. The molecule has 106 valence electrons. The molecule has 2 aromatic carbocycles. The first-order chi connectivity index (χ1) is 9.20. The van der Waals surface area contributed by atoms with Crippen LogP contribution in [0.25, 0.3) is 10.8 Å². The minimum absolute atomic E-state index is 0.611. The van der Waals surface area contributed by atoms with E-state index in [4.69, 9.17) is 0 Å². The van der Waals surface area contributed by atoms with Gasteiger partial charge in [0.25, 0.3) is 0 Å². The molecule has 0 N–H and O–H groups in total. The van der Waals surface area contributed by atoms with Crippen molar-refractivity contribution in [3.05, 3.63) is 47.5 Å². The average molecular weight is 258 g/mol. The average Bonchev–Trinajstić information content (AvgIpc) is 2.50. The molecule has 0 unspecified atom stereocenters. The van der Waals surface area contributed by atoms with Crippen LogP contribution < -0.4 is 0 Å². The maximum atomic E-state index is 2.30. The van der Waals surface area contributed by atoms with E-state index in [-0.39, 0.29) is 0 Å². The number of benzene rings is 2. The van der Waals surface area contributed by atoms with Crippen molar-refractivity contribution in [2.75, 3.05) is 0 Å². The summed E-state index contributed by atoms with van der Waals surface area (Å²) in [5, 5.41) is 2.72. The summed E-state index contributed by atoms with van der Waals surface area (Å²) in [5.74, 6) is 0.611. The van der Waals surface area contributed by atoms with Gasteiger partial charge in [-0.25, -0.2) is 0 Å². The largest absolute Gasteiger partial charge is 0.0683 e. The highest BCUT2D eigenvalue weighted by Crippen LogP contribution is 2.22. The highest BCUT2D eigenvalue weighted by atomic mass is 14.1. The van der Waals surface area contributed by atoms with Gasteiger partial charge >= 0.3 is 0 Å². The maximum Gasteiger partial charge on any atom is -0.0181 e. The van der Waals surface area contributed by atoms with Gasteiger partial charge in [0.2, 0.25) is 0 Å². The molecule has 0 bridgehead atoms. The van der Waals surface area contributed by atoms with Crippen LogP contribution in [0.2, 0.25) is 0 Å². The minimum Gasteiger partial charge on any atom is -0.0683 e. The first-order valence-corrected chi connectivity index (χ1v) is 7.73. The summed E-state index contributed by atoms with van der Waals surface area (Å²) in [7, 11) is 0. The van der Waals surface area contributed by atoms with Crippen molar-refractivity contribution in [2.24, 2.45) is 0 Å². The zero-order chi connectivity index (χ0) is 14.8. The first kappa shape index (κ1) is 17.7. The minimum atomic E-state index is 0.611. The van der Waals surface area contributed by atoms with E-state index in [1.165, 1.54) is 21.9 Å². The second kappa shape index (κ2) is 9.61. The quantitative estimate of drug-likeness (QED) is 0.571. The standard InChI is InChI=1S/C15H18.2C2H6/c1-4-12-5-6-15-10-13(11(2)3)7-8-14(15)9-12;2*1-2/h5-11H,4H2,1-3H3;2*1-2H3. The van der Waals surface area contributed by atoms with Gasteiger partial charge < -0.3 is 0 Å². The summed E-state index contributed by atoms with van der Waals surface area (Å²) in [6.45, 7) is 14.7. The summed E-state index contributed by atoms with van der Waals surface area (Å²) >= 11 is 0. The molecule has 0 aromatic heterocycles. The Hall–Kier alpha value is -1.30. The van der Waals surface area contributed by atoms with E-state index in [9.17, 15) is 0 Å². The monoisotopic (exact) mass is 258 g/mol. The van der Waals surface area contributed by atoms with E-state index in [1.54, 1.807) is 0 Å². The Labute approximate surface area is 119 Å². The molecule has 0 fully saturated rings. The Morgan fingerprint density at radius 2 is 1.32 bits per heavy atom. The molecule has 0 heteroatoms. The molecule has 2 rings (SSSR count). The molecular weight excluding hydrogens is 228 g/mol. The molecule has 0 saturated heterocycles. The van der Waals surface area contributed by atoms with Gasteiger partial charge in [-0.1, -0.05) is 84.9 Å². The molecule has 2 aromatic rings. The van der Waals surface area contributed by atoms with Crippen molar-refractivity contribution in [1.29, 1.82) is 0 Å². The molecule has 0 aliphatic rings. The Morgan fingerprint density at radius 3 is 1.84 bits per heavy atom. The third-order valence-corrected chi connectivity index (χ3v) is 3.00. The zero-order valence-corrected chi connectivity index (χ0v) is 13.7. The second-order valence-electron chi connectivity index (χ2n) is 4.45. The predicted octanol–water partition coefficient (Wildman–Crippen LogP) is 6.58. The van der Waals surface area contributed by atoms with Crippen LogP contribution in [0, 0.1) is 0 Å². The summed E-state index contributed by atoms with van der Waals surface area (Å²) in [6, 6.07) is 13.5. The second-order valence-corrected chi connectivity index (χ2v) is 4.45. The smallest absolute Gasteiger partial charge is 0.0181 e. The van der Waals surface area contributed by atoms with Gasteiger partial charge in [0.1, 0.15) is 0 Å². The molecule has 0 atom stereocenters. The Balaban J connectivity index is 0.000000741. The Kier molecular flexibility index (Phi) is 8.95. The topological polar surface area (TPSA) is 0 Å². The number of hydrogen-bond donors (Lipinski definition) is 0. The van der Waals surface area contributed by atoms with Crippen LogP contribution in [-0.4, -0.2) is 0 Å². The van der Waals surface area contributed by atoms with Crippen LogP contribution in [0.15, 0.2) is 36.4 Å². The highest BCUT2D eigenvalue weighted by Gasteiger charge is 2.00. The molecule has 0 saturated carbocycles. The van der Waals surface area contributed by atoms with Gasteiger partial charge in [-0.05, 0) is 34.2 Å². The summed E-state index contributed by atoms with van der Waals surface area (Å²) in [5.41, 5.74) is 2.84. The van der Waals surface area contributed by atoms with E-state index >= 15 is 0 Å². The van der Waals surface area contributed by atoms with E-state index in [1.807, 2.05) is 27.7 Å². The normalized spacial score (nSPS) is 9.47. The van der Waals surface area contributed by atoms with Gasteiger partial charge in [0, 0.05) is 0 Å². The van der Waals surface area contributed by atoms with E-state index in [2.05, 4.69) is 57.2 Å². The Morgan fingerprint density at radius 1 is 0.789 bits per heavy atom. The van der Waals surface area contributed by atoms with Gasteiger partial charge in [-0.15, -0.1) is 0 Å². The molecular formula is C19H30. The number of hydrogen-bond acceptors (Lipinski definition) is 0. The summed E-state index contributed by atoms with van der Waals surface area (Å²) in [6.07, 6.45) is 1.11. The highest BCUT2D eigenvalue weighted by molar-refractivity contribution is 5.83. The van der Waals surface area contributed by atoms with Crippen LogP contribution in [0.5, 0.6) is 0 Å². The number of fused-ring (bicyclic) bond motifs is 1. The molecule has 0 spiro atoms. The molecule has 0 amide bonds. The predicted molar refractivity (Wildman–Crippen MR) is 90.1 cm³/mol. The summed E-state index contributed by atoms with van der Waals surface area (Å²) in [4.78, 5) is 0. The van der Waals surface area contributed by atoms with Crippen LogP contribution >= 0.6 is 0 Å². The van der Waals surface area contributed by atoms with Crippen molar-refractivity contribution < 1.29 is 0 Å². The molecule has 0 heterocycles. The van der Waals surface area contributed by atoms with Crippen LogP contribution in [0.3, 0.4) is 0 Å². The van der Waals surface area contributed by atoms with Crippen molar-refractivity contribution in [1.82, 2.24) is 0 Å². The lowest BCUT2D eigenvalue weighted by Crippen LogP contribution is -1.87. The first-order valence-electron chi connectivity index (χ1n) is 7.73. The van der Waals surface area contributed by atoms with E-state index in [0.29, 0.717) is 5.92 Å². The number of rotatable bonds is 2. The van der Waals surface area contributed by atoms with Gasteiger partial charge in [0.15, 0.2) is 0 Å².